The van der Waals surface area contributed by atoms with E-state index in [9.17, 15) is 13.2 Å². The number of para-hydroxylation sites is 1. The molecule has 0 bridgehead atoms. The molecule has 0 saturated carbocycles. The molecule has 10 heteroatoms. The summed E-state index contributed by atoms with van der Waals surface area (Å²) in [4.78, 5) is 17.4. The van der Waals surface area contributed by atoms with Gasteiger partial charge in [0.25, 0.3) is 5.91 Å². The van der Waals surface area contributed by atoms with Crippen molar-refractivity contribution in [1.29, 1.82) is 0 Å². The van der Waals surface area contributed by atoms with Crippen LogP contribution < -0.4 is 0 Å². The van der Waals surface area contributed by atoms with E-state index in [2.05, 4.69) is 10.00 Å². The number of methoxy groups -OCH3 is 1. The van der Waals surface area contributed by atoms with Crippen molar-refractivity contribution in [1.82, 2.24) is 23.9 Å². The molecular formula is C20H27N5O4S. The van der Waals surface area contributed by atoms with Crippen LogP contribution in [0.1, 0.15) is 22.5 Å². The van der Waals surface area contributed by atoms with Gasteiger partial charge in [-0.05, 0) is 32.6 Å². The fourth-order valence-electron chi connectivity index (χ4n) is 4.06. The minimum absolute atomic E-state index is 0.0619. The Morgan fingerprint density at radius 1 is 1.30 bits per heavy atom. The first-order valence-electron chi connectivity index (χ1n) is 9.95. The first-order chi connectivity index (χ1) is 14.3. The number of sulfonamides is 1. The molecule has 9 nitrogen and oxygen atoms in total. The fraction of sp³-hybridized carbons (Fsp3) is 0.500. The fourth-order valence-corrected chi connectivity index (χ4v) is 5.62. The van der Waals surface area contributed by atoms with Crippen molar-refractivity contribution in [2.24, 2.45) is 0 Å². The Bertz CT molecular complexity index is 1050. The maximum atomic E-state index is 13.3. The molecule has 1 atom stereocenters. The molecule has 3 heterocycles. The van der Waals surface area contributed by atoms with E-state index in [1.807, 2.05) is 19.0 Å². The second kappa shape index (κ2) is 8.10. The third-order valence-corrected chi connectivity index (χ3v) is 7.75. The van der Waals surface area contributed by atoms with Gasteiger partial charge in [0, 0.05) is 32.8 Å². The molecule has 2 aromatic rings. The summed E-state index contributed by atoms with van der Waals surface area (Å²) in [6.07, 6.45) is 2.48. The highest BCUT2D eigenvalue weighted by Gasteiger charge is 2.36. The number of hydrogen-bond donors (Lipinski definition) is 0. The van der Waals surface area contributed by atoms with Crippen molar-refractivity contribution in [3.63, 3.8) is 0 Å². The normalized spacial score (nSPS) is 20.8. The summed E-state index contributed by atoms with van der Waals surface area (Å²) in [5.74, 6) is -0.107. The van der Waals surface area contributed by atoms with E-state index in [1.54, 1.807) is 35.1 Å². The Morgan fingerprint density at radius 3 is 2.77 bits per heavy atom. The number of likely N-dealkylation sites (tertiary alicyclic amines) is 1. The molecule has 2 aliphatic rings. The molecule has 162 valence electrons. The van der Waals surface area contributed by atoms with Gasteiger partial charge in [-0.1, -0.05) is 12.1 Å². The van der Waals surface area contributed by atoms with E-state index in [-0.39, 0.29) is 30.5 Å². The summed E-state index contributed by atoms with van der Waals surface area (Å²) < 4.78 is 34.6. The monoisotopic (exact) mass is 433 g/mol. The van der Waals surface area contributed by atoms with Crippen molar-refractivity contribution in [2.45, 2.75) is 23.9 Å². The molecule has 1 saturated heterocycles. The van der Waals surface area contributed by atoms with Crippen molar-refractivity contribution in [2.75, 3.05) is 47.4 Å². The highest BCUT2D eigenvalue weighted by atomic mass is 32.2. The van der Waals surface area contributed by atoms with Crippen LogP contribution in [-0.4, -0.2) is 91.7 Å². The number of fused-ring (bicyclic) bond motifs is 3. The molecule has 4 rings (SSSR count). The van der Waals surface area contributed by atoms with E-state index in [0.717, 1.165) is 6.42 Å². The standard InChI is InChI=1S/C20H27N5O4S/c1-22(2)15-8-9-23(13-15)20(26)16-12-21-25-17-6-4-5-7-19(17)30(27,28)24(10-11-29-3)14-18(16)25/h4-7,12,15H,8-11,13-14H2,1-3H3/t15-/m1/s1. The molecule has 1 aromatic carbocycles. The van der Waals surface area contributed by atoms with Crippen LogP contribution >= 0.6 is 0 Å². The molecule has 2 aliphatic heterocycles. The Labute approximate surface area is 176 Å². The van der Waals surface area contributed by atoms with Gasteiger partial charge in [-0.2, -0.15) is 9.40 Å². The number of amides is 1. The molecule has 0 N–H and O–H groups in total. The number of carbonyl (C=O) groups excluding carboxylic acids is 1. The second-order valence-corrected chi connectivity index (χ2v) is 9.78. The van der Waals surface area contributed by atoms with Gasteiger partial charge in [0.15, 0.2) is 0 Å². The number of hydrogen-bond acceptors (Lipinski definition) is 6. The van der Waals surface area contributed by atoms with Gasteiger partial charge >= 0.3 is 0 Å². The lowest BCUT2D eigenvalue weighted by molar-refractivity contribution is 0.0781. The summed E-state index contributed by atoms with van der Waals surface area (Å²) in [6.45, 7) is 1.84. The first kappa shape index (κ1) is 21.0. The third kappa shape index (κ3) is 3.53. The lowest BCUT2D eigenvalue weighted by atomic mass is 10.2. The number of benzene rings is 1. The van der Waals surface area contributed by atoms with Crippen LogP contribution in [0.5, 0.6) is 0 Å². The SMILES string of the molecule is COCCN1Cc2c(C(=O)N3CC[C@@H](N(C)C)C3)cnn2-c2ccccc2S1(=O)=O. The Kier molecular flexibility index (Phi) is 5.67. The van der Waals surface area contributed by atoms with Crippen LogP contribution in [0.4, 0.5) is 0 Å². The average Bonchev–Trinajstić information content (AvgIpc) is 3.36. The molecule has 1 aromatic heterocycles. The Balaban J connectivity index is 1.76. The summed E-state index contributed by atoms with van der Waals surface area (Å²) >= 11 is 0. The van der Waals surface area contributed by atoms with Crippen LogP contribution in [0.2, 0.25) is 0 Å². The number of ether oxygens (including phenoxy) is 1. The summed E-state index contributed by atoms with van der Waals surface area (Å²) in [7, 11) is 1.81. The second-order valence-electron chi connectivity index (χ2n) is 7.87. The zero-order valence-electron chi connectivity index (χ0n) is 17.5. The topological polar surface area (TPSA) is 88.0 Å². The van der Waals surface area contributed by atoms with Crippen molar-refractivity contribution in [3.8, 4) is 5.69 Å². The lowest BCUT2D eigenvalue weighted by Crippen LogP contribution is -2.36. The predicted molar refractivity (Wildman–Crippen MR) is 111 cm³/mol. The zero-order chi connectivity index (χ0) is 21.5. The van der Waals surface area contributed by atoms with Gasteiger partial charge < -0.3 is 14.5 Å². The highest BCUT2D eigenvalue weighted by Crippen LogP contribution is 2.31. The molecule has 0 spiro atoms. The van der Waals surface area contributed by atoms with Crippen LogP contribution in [0.25, 0.3) is 5.69 Å². The molecule has 30 heavy (non-hydrogen) atoms. The maximum Gasteiger partial charge on any atom is 0.257 e. The van der Waals surface area contributed by atoms with Gasteiger partial charge in [-0.15, -0.1) is 0 Å². The maximum absolute atomic E-state index is 13.3. The van der Waals surface area contributed by atoms with Crippen LogP contribution in [0.15, 0.2) is 35.4 Å². The van der Waals surface area contributed by atoms with Crippen molar-refractivity contribution >= 4 is 15.9 Å². The molecule has 1 fully saturated rings. The van der Waals surface area contributed by atoms with Crippen LogP contribution in [0, 0.1) is 0 Å². The van der Waals surface area contributed by atoms with Gasteiger partial charge in [0.2, 0.25) is 10.0 Å². The van der Waals surface area contributed by atoms with Gasteiger partial charge in [0.1, 0.15) is 4.90 Å². The number of rotatable bonds is 5. The number of aromatic nitrogens is 2. The number of carbonyl (C=O) groups is 1. The van der Waals surface area contributed by atoms with Crippen LogP contribution in [0.3, 0.4) is 0 Å². The molecule has 0 radical (unpaired) electrons. The third-order valence-electron chi connectivity index (χ3n) is 5.86. The van der Waals surface area contributed by atoms with Gasteiger partial charge in [-0.25, -0.2) is 13.1 Å². The molecular weight excluding hydrogens is 406 g/mol. The number of nitrogens with zero attached hydrogens (tertiary/aromatic N) is 5. The quantitative estimate of drug-likeness (QED) is 0.693. The molecule has 1 amide bonds. The van der Waals surface area contributed by atoms with E-state index >= 15 is 0 Å². The minimum Gasteiger partial charge on any atom is -0.383 e. The lowest BCUT2D eigenvalue weighted by Gasteiger charge is -2.22. The van der Waals surface area contributed by atoms with Crippen LogP contribution in [-0.2, 0) is 21.3 Å². The first-order valence-corrected chi connectivity index (χ1v) is 11.4. The summed E-state index contributed by atoms with van der Waals surface area (Å²) in [5, 5.41) is 4.42. The summed E-state index contributed by atoms with van der Waals surface area (Å²) in [5.41, 5.74) is 1.49. The smallest absolute Gasteiger partial charge is 0.257 e. The van der Waals surface area contributed by atoms with Crippen molar-refractivity contribution in [3.05, 3.63) is 41.7 Å². The zero-order valence-corrected chi connectivity index (χ0v) is 18.3. The highest BCUT2D eigenvalue weighted by molar-refractivity contribution is 7.89. The number of likely N-dealkylation sites (N-methyl/N-ethyl adjacent to an activating group) is 1. The van der Waals surface area contributed by atoms with E-state index in [0.29, 0.717) is 36.1 Å². The average molecular weight is 434 g/mol. The summed E-state index contributed by atoms with van der Waals surface area (Å²) in [6, 6.07) is 7.08. The largest absolute Gasteiger partial charge is 0.383 e. The Hall–Kier alpha value is -2.27. The Morgan fingerprint density at radius 2 is 2.07 bits per heavy atom. The molecule has 0 aliphatic carbocycles. The predicted octanol–water partition coefficient (Wildman–Crippen LogP) is 0.799. The minimum atomic E-state index is -3.75. The van der Waals surface area contributed by atoms with E-state index in [4.69, 9.17) is 4.74 Å². The van der Waals surface area contributed by atoms with Gasteiger partial charge in [0.05, 0.1) is 36.3 Å². The van der Waals surface area contributed by atoms with E-state index < -0.39 is 10.0 Å². The van der Waals surface area contributed by atoms with E-state index in [1.165, 1.54) is 11.4 Å². The molecule has 0 unspecified atom stereocenters. The van der Waals surface area contributed by atoms with Gasteiger partial charge in [-0.3, -0.25) is 4.79 Å². The van der Waals surface area contributed by atoms with Crippen molar-refractivity contribution < 1.29 is 17.9 Å².